The van der Waals surface area contributed by atoms with Gasteiger partial charge in [-0.2, -0.15) is 0 Å². The SMILES string of the molecule is CCCOc1ccccc1CNc1ccccc1. The number of benzene rings is 2. The van der Waals surface area contributed by atoms with Gasteiger partial charge in [-0.1, -0.05) is 43.3 Å². The maximum absolute atomic E-state index is 5.73. The van der Waals surface area contributed by atoms with Gasteiger partial charge < -0.3 is 10.1 Å². The molecule has 0 saturated heterocycles. The maximum atomic E-state index is 5.73. The van der Waals surface area contributed by atoms with Crippen LogP contribution in [0, 0.1) is 0 Å². The fourth-order valence-electron chi connectivity index (χ4n) is 1.76. The molecule has 0 heterocycles. The topological polar surface area (TPSA) is 21.3 Å². The van der Waals surface area contributed by atoms with Crippen LogP contribution in [0.1, 0.15) is 18.9 Å². The molecule has 0 unspecified atom stereocenters. The van der Waals surface area contributed by atoms with Gasteiger partial charge >= 0.3 is 0 Å². The molecule has 94 valence electrons. The van der Waals surface area contributed by atoms with Crippen molar-refractivity contribution in [3.05, 3.63) is 60.2 Å². The molecular formula is C16H19NO. The lowest BCUT2D eigenvalue weighted by Crippen LogP contribution is -2.03. The van der Waals surface area contributed by atoms with Gasteiger partial charge in [0.1, 0.15) is 5.75 Å². The highest BCUT2D eigenvalue weighted by Crippen LogP contribution is 2.19. The van der Waals surface area contributed by atoms with Gasteiger partial charge in [-0.25, -0.2) is 0 Å². The fourth-order valence-corrected chi connectivity index (χ4v) is 1.76. The molecule has 0 atom stereocenters. The Morgan fingerprint density at radius 1 is 0.944 bits per heavy atom. The largest absolute Gasteiger partial charge is 0.493 e. The zero-order chi connectivity index (χ0) is 12.6. The van der Waals surface area contributed by atoms with Crippen LogP contribution in [-0.2, 0) is 6.54 Å². The Kier molecular flexibility index (Phi) is 4.65. The standard InChI is InChI=1S/C16H19NO/c1-2-12-18-16-11-7-6-8-14(16)13-17-15-9-4-3-5-10-15/h3-11,17H,2,12-13H2,1H3. The molecule has 2 aromatic rings. The van der Waals surface area contributed by atoms with E-state index < -0.39 is 0 Å². The number of para-hydroxylation sites is 2. The van der Waals surface area contributed by atoms with E-state index in [1.165, 1.54) is 5.56 Å². The first kappa shape index (κ1) is 12.5. The molecule has 2 aromatic carbocycles. The lowest BCUT2D eigenvalue weighted by Gasteiger charge is -2.12. The minimum Gasteiger partial charge on any atom is -0.493 e. The third kappa shape index (κ3) is 3.52. The molecule has 0 aromatic heterocycles. The van der Waals surface area contributed by atoms with E-state index in [-0.39, 0.29) is 0 Å². The van der Waals surface area contributed by atoms with E-state index in [1.807, 2.05) is 36.4 Å². The van der Waals surface area contributed by atoms with Crippen LogP contribution >= 0.6 is 0 Å². The highest BCUT2D eigenvalue weighted by molar-refractivity contribution is 5.44. The second-order valence-electron chi connectivity index (χ2n) is 4.18. The predicted molar refractivity (Wildman–Crippen MR) is 76.0 cm³/mol. The van der Waals surface area contributed by atoms with Crippen LogP contribution in [0.3, 0.4) is 0 Å². The number of hydrogen-bond acceptors (Lipinski definition) is 2. The molecule has 0 aliphatic heterocycles. The number of rotatable bonds is 6. The first-order valence-electron chi connectivity index (χ1n) is 6.40. The number of hydrogen-bond donors (Lipinski definition) is 1. The lowest BCUT2D eigenvalue weighted by molar-refractivity contribution is 0.314. The summed E-state index contributed by atoms with van der Waals surface area (Å²) in [5.41, 5.74) is 2.32. The van der Waals surface area contributed by atoms with Crippen molar-refractivity contribution in [2.24, 2.45) is 0 Å². The van der Waals surface area contributed by atoms with Crippen LogP contribution in [0.4, 0.5) is 5.69 Å². The Balaban J connectivity index is 2.00. The lowest BCUT2D eigenvalue weighted by atomic mass is 10.2. The maximum Gasteiger partial charge on any atom is 0.124 e. The van der Waals surface area contributed by atoms with Crippen molar-refractivity contribution in [1.29, 1.82) is 0 Å². The molecule has 0 amide bonds. The van der Waals surface area contributed by atoms with Crippen LogP contribution in [0.15, 0.2) is 54.6 Å². The molecule has 0 saturated carbocycles. The van der Waals surface area contributed by atoms with Crippen molar-refractivity contribution in [3.63, 3.8) is 0 Å². The number of nitrogens with one attached hydrogen (secondary N) is 1. The summed E-state index contributed by atoms with van der Waals surface area (Å²) in [4.78, 5) is 0. The van der Waals surface area contributed by atoms with Crippen LogP contribution < -0.4 is 10.1 Å². The summed E-state index contributed by atoms with van der Waals surface area (Å²) in [5.74, 6) is 0.975. The molecule has 18 heavy (non-hydrogen) atoms. The normalized spacial score (nSPS) is 10.1. The van der Waals surface area contributed by atoms with Crippen molar-refractivity contribution in [2.45, 2.75) is 19.9 Å². The van der Waals surface area contributed by atoms with Gasteiger partial charge in [0.25, 0.3) is 0 Å². The van der Waals surface area contributed by atoms with Crippen LogP contribution in [0.2, 0.25) is 0 Å². The van der Waals surface area contributed by atoms with Crippen molar-refractivity contribution in [1.82, 2.24) is 0 Å². The van der Waals surface area contributed by atoms with Gasteiger partial charge in [-0.3, -0.25) is 0 Å². The van der Waals surface area contributed by atoms with Crippen LogP contribution in [0.5, 0.6) is 5.75 Å². The molecule has 0 radical (unpaired) electrons. The Morgan fingerprint density at radius 3 is 2.44 bits per heavy atom. The van der Waals surface area contributed by atoms with Crippen LogP contribution in [-0.4, -0.2) is 6.61 Å². The fraction of sp³-hybridized carbons (Fsp3) is 0.250. The molecule has 0 fully saturated rings. The smallest absolute Gasteiger partial charge is 0.124 e. The highest BCUT2D eigenvalue weighted by Gasteiger charge is 2.02. The Bertz CT molecular complexity index is 468. The van der Waals surface area contributed by atoms with E-state index in [2.05, 4.69) is 30.4 Å². The van der Waals surface area contributed by atoms with Gasteiger partial charge in [0.2, 0.25) is 0 Å². The second kappa shape index (κ2) is 6.70. The van der Waals surface area contributed by atoms with Gasteiger partial charge in [-0.15, -0.1) is 0 Å². The van der Waals surface area contributed by atoms with Gasteiger partial charge in [-0.05, 0) is 24.6 Å². The first-order valence-corrected chi connectivity index (χ1v) is 6.40. The van der Waals surface area contributed by atoms with E-state index in [0.717, 1.165) is 31.0 Å². The molecule has 0 aliphatic rings. The van der Waals surface area contributed by atoms with Gasteiger partial charge in [0, 0.05) is 17.8 Å². The molecule has 0 spiro atoms. The zero-order valence-corrected chi connectivity index (χ0v) is 10.7. The molecule has 1 N–H and O–H groups in total. The molecular weight excluding hydrogens is 222 g/mol. The van der Waals surface area contributed by atoms with Crippen molar-refractivity contribution < 1.29 is 4.74 Å². The van der Waals surface area contributed by atoms with Crippen molar-refractivity contribution >= 4 is 5.69 Å². The summed E-state index contributed by atoms with van der Waals surface area (Å²) in [5, 5.41) is 3.40. The van der Waals surface area contributed by atoms with E-state index >= 15 is 0 Å². The summed E-state index contributed by atoms with van der Waals surface area (Å²) in [7, 11) is 0. The van der Waals surface area contributed by atoms with Crippen LogP contribution in [0.25, 0.3) is 0 Å². The van der Waals surface area contributed by atoms with Gasteiger partial charge in [0.05, 0.1) is 6.61 Å². The van der Waals surface area contributed by atoms with E-state index in [4.69, 9.17) is 4.74 Å². The summed E-state index contributed by atoms with van der Waals surface area (Å²) in [6.07, 6.45) is 1.03. The van der Waals surface area contributed by atoms with Crippen molar-refractivity contribution in [3.8, 4) is 5.75 Å². The van der Waals surface area contributed by atoms with E-state index in [0.29, 0.717) is 0 Å². The van der Waals surface area contributed by atoms with Crippen molar-refractivity contribution in [2.75, 3.05) is 11.9 Å². The van der Waals surface area contributed by atoms with Gasteiger partial charge in [0.15, 0.2) is 0 Å². The highest BCUT2D eigenvalue weighted by atomic mass is 16.5. The van der Waals surface area contributed by atoms with E-state index in [9.17, 15) is 0 Å². The molecule has 2 heteroatoms. The zero-order valence-electron chi connectivity index (χ0n) is 10.7. The average molecular weight is 241 g/mol. The minimum atomic E-state index is 0.766. The summed E-state index contributed by atoms with van der Waals surface area (Å²) in [6, 6.07) is 18.4. The Hall–Kier alpha value is -1.96. The first-order chi connectivity index (χ1) is 8.90. The average Bonchev–Trinajstić information content (AvgIpc) is 2.45. The summed E-state index contributed by atoms with van der Waals surface area (Å²) < 4.78 is 5.73. The monoisotopic (exact) mass is 241 g/mol. The second-order valence-corrected chi connectivity index (χ2v) is 4.18. The molecule has 2 rings (SSSR count). The summed E-state index contributed by atoms with van der Waals surface area (Å²) in [6.45, 7) is 3.66. The quantitative estimate of drug-likeness (QED) is 0.822. The molecule has 0 bridgehead atoms. The Labute approximate surface area is 109 Å². The third-order valence-corrected chi connectivity index (χ3v) is 2.69. The molecule has 2 nitrogen and oxygen atoms in total. The van der Waals surface area contributed by atoms with E-state index in [1.54, 1.807) is 0 Å². The third-order valence-electron chi connectivity index (χ3n) is 2.69. The predicted octanol–water partition coefficient (Wildman–Crippen LogP) is 4.09. The number of ether oxygens (including phenoxy) is 1. The Morgan fingerprint density at radius 2 is 1.67 bits per heavy atom. The minimum absolute atomic E-state index is 0.766. The summed E-state index contributed by atoms with van der Waals surface area (Å²) >= 11 is 0. The molecule has 0 aliphatic carbocycles. The number of anilines is 1.